The van der Waals surface area contributed by atoms with Crippen molar-refractivity contribution in [1.82, 2.24) is 5.32 Å². The van der Waals surface area contributed by atoms with Crippen LogP contribution >= 0.6 is 0 Å². The highest BCUT2D eigenvalue weighted by atomic mass is 16.4. The molecule has 3 rings (SSSR count). The third kappa shape index (κ3) is 2.60. The molecule has 1 saturated carbocycles. The van der Waals surface area contributed by atoms with Gasteiger partial charge in [-0.1, -0.05) is 12.1 Å². The van der Waals surface area contributed by atoms with Crippen molar-refractivity contribution in [3.8, 4) is 0 Å². The Kier molecular flexibility index (Phi) is 3.66. The van der Waals surface area contributed by atoms with E-state index in [1.165, 1.54) is 0 Å². The minimum Gasteiger partial charge on any atom is -0.481 e. The zero-order valence-electron chi connectivity index (χ0n) is 13.7. The Balaban J connectivity index is 1.95. The maximum Gasteiger partial charge on any atom is 0.305 e. The Bertz CT molecular complexity index is 799. The second-order valence-corrected chi connectivity index (χ2v) is 6.62. The van der Waals surface area contributed by atoms with E-state index in [1.807, 2.05) is 32.9 Å². The summed E-state index contributed by atoms with van der Waals surface area (Å²) in [4.78, 5) is 23.7. The summed E-state index contributed by atoms with van der Waals surface area (Å²) in [5.74, 6) is -0.925. The molecule has 2 aromatic rings. The molecule has 0 radical (unpaired) electrons. The van der Waals surface area contributed by atoms with E-state index in [4.69, 9.17) is 9.52 Å². The standard InChI is InChI=1S/C18H21NO4/c1-10-5-6-11(2)15-14(10)12(3)16(23-15)17(22)19-18(7-4-8-18)9-13(20)21/h5-6H,4,7-9H2,1-3H3,(H,19,22)(H,20,21). The van der Waals surface area contributed by atoms with Crippen molar-refractivity contribution in [3.63, 3.8) is 0 Å². The maximum atomic E-state index is 12.6. The maximum absolute atomic E-state index is 12.6. The molecule has 0 bridgehead atoms. The Labute approximate surface area is 134 Å². The summed E-state index contributed by atoms with van der Waals surface area (Å²) >= 11 is 0. The van der Waals surface area contributed by atoms with Gasteiger partial charge in [-0.25, -0.2) is 0 Å². The second-order valence-electron chi connectivity index (χ2n) is 6.62. The first-order valence-electron chi connectivity index (χ1n) is 7.87. The quantitative estimate of drug-likeness (QED) is 0.905. The third-order valence-electron chi connectivity index (χ3n) is 4.87. The van der Waals surface area contributed by atoms with Crippen LogP contribution in [-0.2, 0) is 4.79 Å². The van der Waals surface area contributed by atoms with Crippen molar-refractivity contribution < 1.29 is 19.1 Å². The minimum atomic E-state index is -0.891. The third-order valence-corrected chi connectivity index (χ3v) is 4.87. The van der Waals surface area contributed by atoms with Crippen molar-refractivity contribution >= 4 is 22.8 Å². The predicted molar refractivity (Wildman–Crippen MR) is 86.7 cm³/mol. The number of hydrogen-bond acceptors (Lipinski definition) is 3. The number of carbonyl (C=O) groups excluding carboxylic acids is 1. The van der Waals surface area contributed by atoms with E-state index in [-0.39, 0.29) is 18.1 Å². The van der Waals surface area contributed by atoms with Gasteiger partial charge in [0, 0.05) is 10.9 Å². The fourth-order valence-corrected chi connectivity index (χ4v) is 3.43. The average Bonchev–Trinajstić information content (AvgIpc) is 2.79. The van der Waals surface area contributed by atoms with E-state index in [9.17, 15) is 9.59 Å². The van der Waals surface area contributed by atoms with E-state index in [0.29, 0.717) is 12.8 Å². The first-order valence-corrected chi connectivity index (χ1v) is 7.87. The van der Waals surface area contributed by atoms with Gasteiger partial charge in [-0.05, 0) is 51.2 Å². The fraction of sp³-hybridized carbons (Fsp3) is 0.444. The van der Waals surface area contributed by atoms with Crippen molar-refractivity contribution in [2.45, 2.75) is 52.0 Å². The summed E-state index contributed by atoms with van der Waals surface area (Å²) in [5, 5.41) is 12.9. The highest BCUT2D eigenvalue weighted by molar-refractivity contribution is 6.01. The van der Waals surface area contributed by atoms with Gasteiger partial charge in [0.25, 0.3) is 5.91 Å². The lowest BCUT2D eigenvalue weighted by molar-refractivity contribution is -0.139. The molecule has 0 unspecified atom stereocenters. The summed E-state index contributed by atoms with van der Waals surface area (Å²) in [5.41, 5.74) is 2.96. The van der Waals surface area contributed by atoms with Crippen LogP contribution in [0.4, 0.5) is 0 Å². The molecule has 23 heavy (non-hydrogen) atoms. The topological polar surface area (TPSA) is 79.5 Å². The number of carboxylic acids is 1. The summed E-state index contributed by atoms with van der Waals surface area (Å²) < 4.78 is 5.83. The van der Waals surface area contributed by atoms with Gasteiger partial charge in [-0.15, -0.1) is 0 Å². The Morgan fingerprint density at radius 1 is 1.22 bits per heavy atom. The molecule has 0 atom stereocenters. The number of nitrogens with one attached hydrogen (secondary N) is 1. The molecule has 2 N–H and O–H groups in total. The summed E-state index contributed by atoms with van der Waals surface area (Å²) in [7, 11) is 0. The van der Waals surface area contributed by atoms with Gasteiger partial charge >= 0.3 is 5.97 Å². The van der Waals surface area contributed by atoms with E-state index in [0.717, 1.165) is 34.1 Å². The molecule has 122 valence electrons. The predicted octanol–water partition coefficient (Wildman–Crippen LogP) is 3.49. The average molecular weight is 315 g/mol. The summed E-state index contributed by atoms with van der Waals surface area (Å²) in [6, 6.07) is 3.99. The molecule has 5 heteroatoms. The van der Waals surface area contributed by atoms with Crippen molar-refractivity contribution in [2.75, 3.05) is 0 Å². The second kappa shape index (κ2) is 5.41. The van der Waals surface area contributed by atoms with E-state index < -0.39 is 11.5 Å². The van der Waals surface area contributed by atoms with Crippen molar-refractivity contribution in [2.24, 2.45) is 0 Å². The van der Waals surface area contributed by atoms with Crippen LogP contribution in [0, 0.1) is 20.8 Å². The lowest BCUT2D eigenvalue weighted by Gasteiger charge is -2.41. The van der Waals surface area contributed by atoms with Gasteiger partial charge in [0.2, 0.25) is 0 Å². The zero-order valence-corrected chi connectivity index (χ0v) is 13.7. The van der Waals surface area contributed by atoms with Crippen LogP contribution in [0.15, 0.2) is 16.5 Å². The van der Waals surface area contributed by atoms with Gasteiger partial charge in [-0.3, -0.25) is 9.59 Å². The molecule has 0 saturated heterocycles. The van der Waals surface area contributed by atoms with Gasteiger partial charge in [0.1, 0.15) is 5.58 Å². The molecule has 0 spiro atoms. The highest BCUT2D eigenvalue weighted by Gasteiger charge is 2.41. The lowest BCUT2D eigenvalue weighted by atomic mass is 9.74. The number of furan rings is 1. The normalized spacial score (nSPS) is 16.1. The Morgan fingerprint density at radius 3 is 2.39 bits per heavy atom. The molecule has 1 amide bonds. The van der Waals surface area contributed by atoms with Gasteiger partial charge in [-0.2, -0.15) is 0 Å². The molecular weight excluding hydrogens is 294 g/mol. The number of benzene rings is 1. The Hall–Kier alpha value is -2.30. The molecule has 1 fully saturated rings. The van der Waals surface area contributed by atoms with Crippen molar-refractivity contribution in [3.05, 3.63) is 34.6 Å². The molecule has 1 aromatic carbocycles. The SMILES string of the molecule is Cc1ccc(C)c2c(C)c(C(=O)NC3(CC(=O)O)CCC3)oc12. The largest absolute Gasteiger partial charge is 0.481 e. The number of rotatable bonds is 4. The number of amides is 1. The van der Waals surface area contributed by atoms with Crippen LogP contribution < -0.4 is 5.32 Å². The highest BCUT2D eigenvalue weighted by Crippen LogP contribution is 2.36. The van der Waals surface area contributed by atoms with E-state index in [2.05, 4.69) is 5.32 Å². The van der Waals surface area contributed by atoms with Crippen molar-refractivity contribution in [1.29, 1.82) is 0 Å². The number of hydrogen-bond donors (Lipinski definition) is 2. The van der Waals surface area contributed by atoms with E-state index >= 15 is 0 Å². The molecule has 0 aliphatic heterocycles. The number of carbonyl (C=O) groups is 2. The minimum absolute atomic E-state index is 0.0456. The number of carboxylic acid groups (broad SMARTS) is 1. The van der Waals surface area contributed by atoms with Crippen LogP contribution in [-0.4, -0.2) is 22.5 Å². The fourth-order valence-electron chi connectivity index (χ4n) is 3.43. The summed E-state index contributed by atoms with van der Waals surface area (Å²) in [6.07, 6.45) is 2.28. The van der Waals surface area contributed by atoms with Gasteiger partial charge in [0.15, 0.2) is 5.76 Å². The molecule has 1 aliphatic carbocycles. The zero-order chi connectivity index (χ0) is 16.8. The molecule has 1 aromatic heterocycles. The van der Waals surface area contributed by atoms with Crippen LogP contribution in [0.25, 0.3) is 11.0 Å². The molecule has 1 heterocycles. The number of aryl methyl sites for hydroxylation is 3. The van der Waals surface area contributed by atoms with Crippen LogP contribution in [0.3, 0.4) is 0 Å². The molecular formula is C18H21NO4. The van der Waals surface area contributed by atoms with Gasteiger partial charge < -0.3 is 14.8 Å². The first-order chi connectivity index (χ1) is 10.8. The number of aliphatic carboxylic acids is 1. The van der Waals surface area contributed by atoms with E-state index in [1.54, 1.807) is 0 Å². The lowest BCUT2D eigenvalue weighted by Crippen LogP contribution is -2.54. The molecule has 1 aliphatic rings. The Morgan fingerprint density at radius 2 is 1.87 bits per heavy atom. The molecule has 5 nitrogen and oxygen atoms in total. The van der Waals surface area contributed by atoms with Crippen LogP contribution in [0.5, 0.6) is 0 Å². The number of fused-ring (bicyclic) bond motifs is 1. The summed E-state index contributed by atoms with van der Waals surface area (Å²) in [6.45, 7) is 5.81. The van der Waals surface area contributed by atoms with Gasteiger partial charge in [0.05, 0.1) is 12.0 Å². The van der Waals surface area contributed by atoms with Crippen LogP contribution in [0.2, 0.25) is 0 Å². The first kappa shape index (κ1) is 15.6. The van der Waals surface area contributed by atoms with Crippen LogP contribution in [0.1, 0.15) is 52.9 Å². The smallest absolute Gasteiger partial charge is 0.305 e. The monoisotopic (exact) mass is 315 g/mol.